The SMILES string of the molecule is CCc1c(N2CCN(C(=O)c3ncnc(C)c3O)CC2)c(=O)n2nc(-c3cc4cn(C5COC5)nc4cc3F)nc2n1CC(=O)Nc1ccc(C(F)(F)F)cc1Cl. The molecule has 0 unspecified atom stereocenters. The zero-order valence-corrected chi connectivity index (χ0v) is 31.0. The Kier molecular flexibility index (Phi) is 9.55. The molecule has 16 nitrogen and oxygen atoms in total. The first-order valence-electron chi connectivity index (χ1n) is 17.7. The molecule has 2 aliphatic rings. The molecule has 57 heavy (non-hydrogen) atoms. The number of rotatable bonds is 8. The molecule has 0 saturated carbocycles. The van der Waals surface area contributed by atoms with E-state index in [0.717, 1.165) is 16.6 Å². The van der Waals surface area contributed by atoms with Crippen LogP contribution in [0.5, 0.6) is 5.75 Å². The molecule has 2 fully saturated rings. The van der Waals surface area contributed by atoms with Gasteiger partial charge in [-0.25, -0.2) is 14.4 Å². The maximum absolute atomic E-state index is 15.8. The summed E-state index contributed by atoms with van der Waals surface area (Å²) in [5.41, 5.74) is -0.753. The number of carbonyl (C=O) groups is 2. The molecule has 0 atom stereocenters. The standard InChI is InChI=1S/C36H32ClF4N11O5/c1-3-27-30(48-6-8-49(9-7-48)33(55)29-31(54)18(2)42-17-43-29)34(56)52-35(50(27)14-28(53)44-25-5-4-20(11-23(25)37)36(39,40)41)45-32(47-52)22-10-19-13-51(21-15-57-16-21)46-26(19)12-24(22)38/h4-5,10-13,17,21,54H,3,6-9,14-16H2,1-2H3,(H,44,53). The van der Waals surface area contributed by atoms with Crippen molar-refractivity contribution in [2.24, 2.45) is 0 Å². The van der Waals surface area contributed by atoms with Gasteiger partial charge in [0, 0.05) is 43.8 Å². The predicted molar refractivity (Wildman–Crippen MR) is 197 cm³/mol. The van der Waals surface area contributed by atoms with Crippen LogP contribution in [0.1, 0.15) is 40.4 Å². The number of aromatic hydroxyl groups is 1. The summed E-state index contributed by atoms with van der Waals surface area (Å²) in [6.45, 7) is 4.30. The minimum absolute atomic E-state index is 0.0114. The second-order valence-corrected chi connectivity index (χ2v) is 14.0. The van der Waals surface area contributed by atoms with Crippen LogP contribution in [0.25, 0.3) is 28.1 Å². The highest BCUT2D eigenvalue weighted by molar-refractivity contribution is 6.33. The molecule has 0 spiro atoms. The van der Waals surface area contributed by atoms with Gasteiger partial charge in [-0.1, -0.05) is 18.5 Å². The Hall–Kier alpha value is -6.15. The van der Waals surface area contributed by atoms with Crippen LogP contribution in [-0.4, -0.2) is 100 Å². The zero-order valence-electron chi connectivity index (χ0n) is 30.2. The Morgan fingerprint density at radius 3 is 2.49 bits per heavy atom. The summed E-state index contributed by atoms with van der Waals surface area (Å²) in [7, 11) is 0. The number of fused-ring (bicyclic) bond motifs is 2. The Balaban J connectivity index is 1.18. The van der Waals surface area contributed by atoms with E-state index in [1.807, 2.05) is 0 Å². The number of piperazine rings is 1. The molecule has 296 valence electrons. The number of hydrogen-bond donors (Lipinski definition) is 2. The Bertz CT molecular complexity index is 2650. The van der Waals surface area contributed by atoms with Crippen LogP contribution in [-0.2, 0) is 28.7 Å². The van der Waals surface area contributed by atoms with Crippen molar-refractivity contribution in [3.63, 3.8) is 0 Å². The van der Waals surface area contributed by atoms with E-state index < -0.39 is 41.5 Å². The van der Waals surface area contributed by atoms with E-state index >= 15 is 4.39 Å². The number of anilines is 2. The summed E-state index contributed by atoms with van der Waals surface area (Å²) >= 11 is 6.14. The molecule has 2 aromatic carbocycles. The van der Waals surface area contributed by atoms with E-state index in [9.17, 15) is 32.7 Å². The van der Waals surface area contributed by atoms with Crippen LogP contribution < -0.4 is 15.8 Å². The number of benzene rings is 2. The van der Waals surface area contributed by atoms with Gasteiger partial charge in [-0.2, -0.15) is 27.8 Å². The topological polar surface area (TPSA) is 178 Å². The van der Waals surface area contributed by atoms with Crippen molar-refractivity contribution in [1.29, 1.82) is 0 Å². The Labute approximate surface area is 324 Å². The number of aryl methyl sites for hydroxylation is 1. The van der Waals surface area contributed by atoms with E-state index in [4.69, 9.17) is 16.3 Å². The van der Waals surface area contributed by atoms with Crippen LogP contribution >= 0.6 is 11.6 Å². The summed E-state index contributed by atoms with van der Waals surface area (Å²) in [5.74, 6) is -2.53. The van der Waals surface area contributed by atoms with Crippen LogP contribution in [0, 0.1) is 12.7 Å². The summed E-state index contributed by atoms with van der Waals surface area (Å²) < 4.78 is 65.0. The monoisotopic (exact) mass is 809 g/mol. The summed E-state index contributed by atoms with van der Waals surface area (Å²) in [4.78, 5) is 57.0. The fourth-order valence-corrected chi connectivity index (χ4v) is 7.10. The number of hydrogen-bond acceptors (Lipinski definition) is 11. The minimum atomic E-state index is -4.66. The van der Waals surface area contributed by atoms with Crippen molar-refractivity contribution in [3.8, 4) is 17.1 Å². The van der Waals surface area contributed by atoms with Crippen molar-refractivity contribution >= 4 is 51.5 Å². The lowest BCUT2D eigenvalue weighted by molar-refractivity contribution is -0.137. The summed E-state index contributed by atoms with van der Waals surface area (Å²) in [6.07, 6.45) is -1.53. The molecule has 0 bridgehead atoms. The van der Waals surface area contributed by atoms with Crippen molar-refractivity contribution in [3.05, 3.63) is 86.7 Å². The first kappa shape index (κ1) is 37.8. The van der Waals surface area contributed by atoms with Gasteiger partial charge in [0.25, 0.3) is 11.5 Å². The van der Waals surface area contributed by atoms with E-state index in [-0.39, 0.29) is 89.3 Å². The highest BCUT2D eigenvalue weighted by Crippen LogP contribution is 2.34. The van der Waals surface area contributed by atoms with Gasteiger partial charge < -0.3 is 29.5 Å². The number of nitrogens with one attached hydrogen (secondary N) is 1. The third kappa shape index (κ3) is 6.87. The molecule has 2 N–H and O–H groups in total. The average molecular weight is 810 g/mol. The van der Waals surface area contributed by atoms with Crippen molar-refractivity contribution < 1.29 is 37.0 Å². The third-order valence-corrected chi connectivity index (χ3v) is 10.3. The molecule has 6 aromatic rings. The van der Waals surface area contributed by atoms with Gasteiger partial charge in [0.1, 0.15) is 24.4 Å². The second-order valence-electron chi connectivity index (χ2n) is 13.6. The van der Waals surface area contributed by atoms with E-state index in [0.29, 0.717) is 35.9 Å². The first-order chi connectivity index (χ1) is 27.2. The van der Waals surface area contributed by atoms with Gasteiger partial charge in [0.05, 0.1) is 58.0 Å². The Morgan fingerprint density at radius 2 is 1.82 bits per heavy atom. The number of nitrogens with zero attached hydrogens (tertiary/aromatic N) is 10. The smallest absolute Gasteiger partial charge is 0.416 e. The van der Waals surface area contributed by atoms with E-state index in [1.165, 1.54) is 27.9 Å². The zero-order chi connectivity index (χ0) is 40.3. The predicted octanol–water partition coefficient (Wildman–Crippen LogP) is 4.26. The van der Waals surface area contributed by atoms with Crippen LogP contribution in [0.2, 0.25) is 5.02 Å². The minimum Gasteiger partial charge on any atom is -0.504 e. The van der Waals surface area contributed by atoms with Crippen molar-refractivity contribution in [2.75, 3.05) is 49.6 Å². The quantitative estimate of drug-likeness (QED) is 0.210. The molecule has 2 saturated heterocycles. The number of halogens is 5. The second kappa shape index (κ2) is 14.4. The molecule has 2 amide bonds. The van der Waals surface area contributed by atoms with Gasteiger partial charge in [-0.15, -0.1) is 5.10 Å². The third-order valence-electron chi connectivity index (χ3n) is 9.97. The normalized spacial score (nSPS) is 15.1. The highest BCUT2D eigenvalue weighted by Gasteiger charge is 2.33. The van der Waals surface area contributed by atoms with Gasteiger partial charge in [0.2, 0.25) is 11.7 Å². The first-order valence-corrected chi connectivity index (χ1v) is 18.1. The van der Waals surface area contributed by atoms with Crippen molar-refractivity contribution in [1.82, 2.24) is 43.8 Å². The molecule has 0 aliphatic carbocycles. The van der Waals surface area contributed by atoms with Gasteiger partial charge in [0.15, 0.2) is 17.3 Å². The van der Waals surface area contributed by atoms with Gasteiger partial charge in [-0.05, 0) is 37.6 Å². The number of amides is 2. The van der Waals surface area contributed by atoms with Gasteiger partial charge in [-0.3, -0.25) is 19.1 Å². The van der Waals surface area contributed by atoms with Crippen molar-refractivity contribution in [2.45, 2.75) is 39.0 Å². The van der Waals surface area contributed by atoms with Crippen LogP contribution in [0.3, 0.4) is 0 Å². The molecular weight excluding hydrogens is 778 g/mol. The molecular formula is C36H32ClF4N11O5. The average Bonchev–Trinajstić information content (AvgIpc) is 3.77. The van der Waals surface area contributed by atoms with E-state index in [2.05, 4.69) is 30.5 Å². The number of aromatic nitrogens is 8. The largest absolute Gasteiger partial charge is 0.504 e. The molecule has 0 radical (unpaired) electrons. The molecule has 6 heterocycles. The lowest BCUT2D eigenvalue weighted by atomic mass is 10.1. The van der Waals surface area contributed by atoms with E-state index in [1.54, 1.807) is 29.6 Å². The summed E-state index contributed by atoms with van der Waals surface area (Å²) in [6, 6.07) is 5.29. The van der Waals surface area contributed by atoms with Crippen LogP contribution in [0.15, 0.2) is 47.7 Å². The fraction of sp³-hybridized carbons (Fsp3) is 0.333. The number of carbonyl (C=O) groups excluding carboxylic acids is 2. The highest BCUT2D eigenvalue weighted by atomic mass is 35.5. The lowest BCUT2D eigenvalue weighted by Gasteiger charge is -2.36. The molecule has 8 rings (SSSR count). The summed E-state index contributed by atoms with van der Waals surface area (Å²) in [5, 5.41) is 22.1. The molecule has 21 heteroatoms. The van der Waals surface area contributed by atoms with Gasteiger partial charge >= 0.3 is 6.18 Å². The fourth-order valence-electron chi connectivity index (χ4n) is 6.88. The maximum Gasteiger partial charge on any atom is 0.416 e. The number of alkyl halides is 3. The Morgan fingerprint density at radius 1 is 1.07 bits per heavy atom. The number of ether oxygens (including phenoxy) is 1. The molecule has 2 aliphatic heterocycles. The lowest BCUT2D eigenvalue weighted by Crippen LogP contribution is -2.51. The van der Waals surface area contributed by atoms with Crippen LogP contribution in [0.4, 0.5) is 28.9 Å². The molecule has 4 aromatic heterocycles. The maximum atomic E-state index is 15.8.